The smallest absolute Gasteiger partial charge is 0.323 e. The summed E-state index contributed by atoms with van der Waals surface area (Å²) in [4.78, 5) is 12.8. The van der Waals surface area contributed by atoms with Crippen molar-refractivity contribution in [3.05, 3.63) is 0 Å². The van der Waals surface area contributed by atoms with E-state index in [-0.39, 0.29) is 0 Å². The predicted octanol–water partition coefficient (Wildman–Crippen LogP) is 3.08. The highest BCUT2D eigenvalue weighted by Gasteiger charge is 2.09. The summed E-state index contributed by atoms with van der Waals surface area (Å²) in [5.74, 6) is 1.12. The van der Waals surface area contributed by atoms with E-state index in [0.29, 0.717) is 30.6 Å². The van der Waals surface area contributed by atoms with E-state index in [1.807, 2.05) is 13.8 Å². The first-order valence-electron chi connectivity index (χ1n) is 7.58. The molecule has 1 aromatic rings. The van der Waals surface area contributed by atoms with Gasteiger partial charge in [0.2, 0.25) is 11.9 Å². The average Bonchev–Trinajstić information content (AvgIpc) is 2.39. The van der Waals surface area contributed by atoms with Gasteiger partial charge in [0, 0.05) is 12.6 Å². The summed E-state index contributed by atoms with van der Waals surface area (Å²) in [6.45, 7) is 9.58. The monoisotopic (exact) mass is 281 g/mol. The maximum atomic E-state index is 5.37. The largest absolute Gasteiger partial charge is 0.464 e. The lowest BCUT2D eigenvalue weighted by molar-refractivity contribution is 0.312. The summed E-state index contributed by atoms with van der Waals surface area (Å²) in [7, 11) is 0. The number of nitrogens with zero attached hydrogens (tertiary/aromatic N) is 3. The van der Waals surface area contributed by atoms with Gasteiger partial charge in [-0.1, -0.05) is 26.2 Å². The molecule has 0 spiro atoms. The Labute approximate surface area is 121 Å². The van der Waals surface area contributed by atoms with Gasteiger partial charge >= 0.3 is 6.01 Å². The van der Waals surface area contributed by atoms with Crippen molar-refractivity contribution in [1.82, 2.24) is 15.0 Å². The highest BCUT2D eigenvalue weighted by atomic mass is 16.5. The SMILES string of the molecule is CCCCCC(C)Nc1nc(NCC)nc(OCC)n1. The maximum absolute atomic E-state index is 5.37. The summed E-state index contributed by atoms with van der Waals surface area (Å²) in [5, 5.41) is 6.41. The number of rotatable bonds is 10. The van der Waals surface area contributed by atoms with Crippen molar-refractivity contribution >= 4 is 11.9 Å². The fourth-order valence-corrected chi connectivity index (χ4v) is 1.84. The van der Waals surface area contributed by atoms with E-state index in [4.69, 9.17) is 4.74 Å². The summed E-state index contributed by atoms with van der Waals surface area (Å²) < 4.78 is 5.37. The zero-order chi connectivity index (χ0) is 14.8. The van der Waals surface area contributed by atoms with Crippen LogP contribution in [-0.4, -0.2) is 34.1 Å². The Morgan fingerprint density at radius 2 is 1.80 bits per heavy atom. The molecular formula is C14H27N5O. The van der Waals surface area contributed by atoms with Crippen LogP contribution in [0.15, 0.2) is 0 Å². The minimum absolute atomic E-state index is 0.341. The van der Waals surface area contributed by atoms with E-state index in [0.717, 1.165) is 13.0 Å². The number of anilines is 2. The molecule has 1 aromatic heterocycles. The third-order valence-electron chi connectivity index (χ3n) is 2.84. The van der Waals surface area contributed by atoms with Gasteiger partial charge in [0.1, 0.15) is 0 Å². The Kier molecular flexibility index (Phi) is 7.69. The van der Waals surface area contributed by atoms with E-state index in [1.165, 1.54) is 19.3 Å². The van der Waals surface area contributed by atoms with Crippen LogP contribution in [0.1, 0.15) is 53.4 Å². The summed E-state index contributed by atoms with van der Waals surface area (Å²) >= 11 is 0. The van der Waals surface area contributed by atoms with Crippen LogP contribution in [0.25, 0.3) is 0 Å². The summed E-state index contributed by atoms with van der Waals surface area (Å²) in [6, 6.07) is 0.703. The predicted molar refractivity (Wildman–Crippen MR) is 82.4 cm³/mol. The van der Waals surface area contributed by atoms with Crippen molar-refractivity contribution in [3.8, 4) is 6.01 Å². The molecule has 0 aromatic carbocycles. The molecule has 0 fully saturated rings. The van der Waals surface area contributed by atoms with E-state index in [2.05, 4.69) is 39.4 Å². The van der Waals surface area contributed by atoms with Crippen molar-refractivity contribution in [3.63, 3.8) is 0 Å². The van der Waals surface area contributed by atoms with Crippen LogP contribution in [0.3, 0.4) is 0 Å². The third-order valence-corrected chi connectivity index (χ3v) is 2.84. The number of nitrogens with one attached hydrogen (secondary N) is 2. The fraction of sp³-hybridized carbons (Fsp3) is 0.786. The molecule has 1 rings (SSSR count). The minimum Gasteiger partial charge on any atom is -0.464 e. The zero-order valence-electron chi connectivity index (χ0n) is 13.1. The molecule has 0 aliphatic carbocycles. The lowest BCUT2D eigenvalue weighted by Gasteiger charge is -2.14. The Bertz CT molecular complexity index is 362. The second kappa shape index (κ2) is 9.34. The Morgan fingerprint density at radius 3 is 2.45 bits per heavy atom. The van der Waals surface area contributed by atoms with Gasteiger partial charge in [0.25, 0.3) is 0 Å². The standard InChI is InChI=1S/C14H27N5O/c1-5-8-9-10-11(4)16-13-17-12(15-6-2)18-14(19-13)20-7-3/h11H,5-10H2,1-4H3,(H2,15,16,17,18,19). The molecule has 1 atom stereocenters. The van der Waals surface area contributed by atoms with E-state index < -0.39 is 0 Å². The molecule has 0 saturated heterocycles. The first kappa shape index (κ1) is 16.5. The highest BCUT2D eigenvalue weighted by Crippen LogP contribution is 2.13. The van der Waals surface area contributed by atoms with Crippen molar-refractivity contribution in [1.29, 1.82) is 0 Å². The first-order chi connectivity index (χ1) is 9.69. The molecule has 0 aliphatic rings. The van der Waals surface area contributed by atoms with Crippen LogP contribution in [0, 0.1) is 0 Å². The lowest BCUT2D eigenvalue weighted by Crippen LogP contribution is -2.18. The van der Waals surface area contributed by atoms with E-state index in [1.54, 1.807) is 0 Å². The minimum atomic E-state index is 0.341. The van der Waals surface area contributed by atoms with Gasteiger partial charge in [0.15, 0.2) is 0 Å². The maximum Gasteiger partial charge on any atom is 0.323 e. The fourth-order valence-electron chi connectivity index (χ4n) is 1.84. The molecule has 20 heavy (non-hydrogen) atoms. The number of unbranched alkanes of at least 4 members (excludes halogenated alkanes) is 2. The molecule has 1 unspecified atom stereocenters. The molecule has 1 heterocycles. The molecule has 6 nitrogen and oxygen atoms in total. The van der Waals surface area contributed by atoms with Gasteiger partial charge < -0.3 is 15.4 Å². The highest BCUT2D eigenvalue weighted by molar-refractivity contribution is 5.36. The van der Waals surface area contributed by atoms with E-state index >= 15 is 0 Å². The molecule has 2 N–H and O–H groups in total. The van der Waals surface area contributed by atoms with Crippen LogP contribution >= 0.6 is 0 Å². The molecule has 114 valence electrons. The number of hydrogen-bond donors (Lipinski definition) is 2. The van der Waals surface area contributed by atoms with Crippen LogP contribution in [0.2, 0.25) is 0 Å². The Hall–Kier alpha value is -1.59. The summed E-state index contributed by atoms with van der Waals surface area (Å²) in [5.41, 5.74) is 0. The van der Waals surface area contributed by atoms with Gasteiger partial charge in [-0.25, -0.2) is 0 Å². The van der Waals surface area contributed by atoms with Crippen LogP contribution in [0.4, 0.5) is 11.9 Å². The van der Waals surface area contributed by atoms with Crippen molar-refractivity contribution in [2.24, 2.45) is 0 Å². The second-order valence-electron chi connectivity index (χ2n) is 4.77. The zero-order valence-corrected chi connectivity index (χ0v) is 13.1. The second-order valence-corrected chi connectivity index (χ2v) is 4.77. The topological polar surface area (TPSA) is 72.0 Å². The molecular weight excluding hydrogens is 254 g/mol. The molecule has 6 heteroatoms. The molecule has 0 saturated carbocycles. The Morgan fingerprint density at radius 1 is 1.05 bits per heavy atom. The number of aromatic nitrogens is 3. The van der Waals surface area contributed by atoms with Gasteiger partial charge in [-0.3, -0.25) is 0 Å². The van der Waals surface area contributed by atoms with Crippen molar-refractivity contribution in [2.75, 3.05) is 23.8 Å². The molecule has 0 aliphatic heterocycles. The third kappa shape index (κ3) is 6.04. The van der Waals surface area contributed by atoms with Crippen LogP contribution in [-0.2, 0) is 0 Å². The van der Waals surface area contributed by atoms with Gasteiger partial charge in [0.05, 0.1) is 6.61 Å². The van der Waals surface area contributed by atoms with E-state index in [9.17, 15) is 0 Å². The lowest BCUT2D eigenvalue weighted by atomic mass is 10.1. The molecule has 0 bridgehead atoms. The van der Waals surface area contributed by atoms with Crippen molar-refractivity contribution in [2.45, 2.75) is 59.4 Å². The average molecular weight is 281 g/mol. The molecule has 0 radical (unpaired) electrons. The quantitative estimate of drug-likeness (QED) is 0.642. The van der Waals surface area contributed by atoms with Gasteiger partial charge in [-0.2, -0.15) is 15.0 Å². The summed E-state index contributed by atoms with van der Waals surface area (Å²) in [6.07, 6.45) is 4.82. The number of hydrogen-bond acceptors (Lipinski definition) is 6. The Balaban J connectivity index is 2.66. The van der Waals surface area contributed by atoms with Crippen molar-refractivity contribution < 1.29 is 4.74 Å². The van der Waals surface area contributed by atoms with Crippen LogP contribution < -0.4 is 15.4 Å². The first-order valence-corrected chi connectivity index (χ1v) is 7.58. The number of ether oxygens (including phenoxy) is 1. The normalized spacial score (nSPS) is 12.0. The van der Waals surface area contributed by atoms with Gasteiger partial charge in [-0.15, -0.1) is 0 Å². The van der Waals surface area contributed by atoms with Crippen LogP contribution in [0.5, 0.6) is 6.01 Å². The van der Waals surface area contributed by atoms with Gasteiger partial charge in [-0.05, 0) is 27.2 Å². The molecule has 0 amide bonds.